The highest BCUT2D eigenvalue weighted by atomic mass is 16.5. The molecule has 1 saturated heterocycles. The van der Waals surface area contributed by atoms with Gasteiger partial charge in [0.05, 0.1) is 19.8 Å². The molecule has 0 bridgehead atoms. The number of benzene rings is 1. The van der Waals surface area contributed by atoms with Crippen molar-refractivity contribution in [2.75, 3.05) is 39.5 Å². The summed E-state index contributed by atoms with van der Waals surface area (Å²) in [5, 5.41) is 3.10. The lowest BCUT2D eigenvalue weighted by Gasteiger charge is -2.38. The van der Waals surface area contributed by atoms with Gasteiger partial charge in [-0.25, -0.2) is 0 Å². The molecule has 1 atom stereocenters. The second-order valence-electron chi connectivity index (χ2n) is 6.87. The second kappa shape index (κ2) is 11.8. The van der Waals surface area contributed by atoms with Crippen LogP contribution in [0.15, 0.2) is 30.3 Å². The van der Waals surface area contributed by atoms with E-state index in [1.807, 2.05) is 37.3 Å². The van der Waals surface area contributed by atoms with Gasteiger partial charge in [0.1, 0.15) is 5.75 Å². The van der Waals surface area contributed by atoms with Crippen molar-refractivity contribution in [1.29, 1.82) is 0 Å². The molecule has 27 heavy (non-hydrogen) atoms. The summed E-state index contributed by atoms with van der Waals surface area (Å²) in [7, 11) is 0. The quantitative estimate of drug-likeness (QED) is 0.638. The molecule has 1 aromatic carbocycles. The van der Waals surface area contributed by atoms with Crippen molar-refractivity contribution < 1.29 is 14.3 Å². The summed E-state index contributed by atoms with van der Waals surface area (Å²) in [6.07, 6.45) is 5.69. The van der Waals surface area contributed by atoms with E-state index in [1.165, 1.54) is 0 Å². The number of nitrogens with zero attached hydrogens (tertiary/aromatic N) is 1. The Balaban J connectivity index is 1.89. The molecular formula is C22H34N2O3. The third kappa shape index (κ3) is 7.00. The normalized spacial score (nSPS) is 16.6. The number of nitrogens with one attached hydrogen (secondary N) is 1. The van der Waals surface area contributed by atoms with Crippen LogP contribution in [0.4, 0.5) is 0 Å². The van der Waals surface area contributed by atoms with Crippen LogP contribution in [-0.2, 0) is 9.53 Å². The average Bonchev–Trinajstić information content (AvgIpc) is 2.71. The molecule has 1 aliphatic rings. The highest BCUT2D eigenvalue weighted by Gasteiger charge is 2.26. The third-order valence-electron chi connectivity index (χ3n) is 5.21. The van der Waals surface area contributed by atoms with Gasteiger partial charge in [0.2, 0.25) is 5.91 Å². The summed E-state index contributed by atoms with van der Waals surface area (Å²) in [6, 6.07) is 8.11. The summed E-state index contributed by atoms with van der Waals surface area (Å²) in [6.45, 7) is 11.2. The molecule has 1 unspecified atom stereocenters. The number of ether oxygens (including phenoxy) is 2. The fraction of sp³-hybridized carbons (Fsp3) is 0.591. The maximum atomic E-state index is 12.3. The van der Waals surface area contributed by atoms with Crippen LogP contribution in [0.1, 0.15) is 39.2 Å². The SMILES string of the molecule is CCOc1ccc(/C=C/C(=O)NCC(C(CC)CC)N2CCOCC2)cc1. The number of hydrogen-bond donors (Lipinski definition) is 1. The Kier molecular flexibility index (Phi) is 9.36. The van der Waals surface area contributed by atoms with E-state index in [0.717, 1.165) is 50.5 Å². The maximum Gasteiger partial charge on any atom is 0.244 e. The lowest BCUT2D eigenvalue weighted by Crippen LogP contribution is -2.51. The fourth-order valence-corrected chi connectivity index (χ4v) is 3.61. The van der Waals surface area contributed by atoms with Crippen LogP contribution in [0, 0.1) is 5.92 Å². The Bertz CT molecular complexity index is 576. The minimum absolute atomic E-state index is 0.0481. The molecule has 5 heteroatoms. The van der Waals surface area contributed by atoms with E-state index in [2.05, 4.69) is 24.1 Å². The maximum absolute atomic E-state index is 12.3. The van der Waals surface area contributed by atoms with Crippen molar-refractivity contribution in [1.82, 2.24) is 10.2 Å². The van der Waals surface area contributed by atoms with Gasteiger partial charge in [-0.1, -0.05) is 38.8 Å². The molecule has 1 heterocycles. The van der Waals surface area contributed by atoms with Crippen LogP contribution in [-0.4, -0.2) is 56.3 Å². The van der Waals surface area contributed by atoms with E-state index in [4.69, 9.17) is 9.47 Å². The van der Waals surface area contributed by atoms with E-state index in [0.29, 0.717) is 25.1 Å². The first-order valence-electron chi connectivity index (χ1n) is 10.2. The lowest BCUT2D eigenvalue weighted by molar-refractivity contribution is -0.116. The molecule has 1 aromatic rings. The van der Waals surface area contributed by atoms with Gasteiger partial charge in [-0.3, -0.25) is 9.69 Å². The number of hydrogen-bond acceptors (Lipinski definition) is 4. The highest BCUT2D eigenvalue weighted by molar-refractivity contribution is 5.91. The van der Waals surface area contributed by atoms with Gasteiger partial charge in [0, 0.05) is 31.8 Å². The molecule has 0 radical (unpaired) electrons. The minimum Gasteiger partial charge on any atom is -0.494 e. The first-order valence-corrected chi connectivity index (χ1v) is 10.2. The summed E-state index contributed by atoms with van der Waals surface area (Å²) < 4.78 is 10.9. The van der Waals surface area contributed by atoms with Crippen molar-refractivity contribution in [2.24, 2.45) is 5.92 Å². The van der Waals surface area contributed by atoms with Crippen LogP contribution < -0.4 is 10.1 Å². The van der Waals surface area contributed by atoms with Crippen LogP contribution >= 0.6 is 0 Å². The number of carbonyl (C=O) groups excluding carboxylic acids is 1. The monoisotopic (exact) mass is 374 g/mol. The van der Waals surface area contributed by atoms with Crippen molar-refractivity contribution in [3.8, 4) is 5.75 Å². The van der Waals surface area contributed by atoms with Crippen LogP contribution in [0.5, 0.6) is 5.75 Å². The zero-order valence-corrected chi connectivity index (χ0v) is 16.9. The van der Waals surface area contributed by atoms with E-state index in [-0.39, 0.29) is 5.91 Å². The predicted molar refractivity (Wildman–Crippen MR) is 110 cm³/mol. The second-order valence-corrected chi connectivity index (χ2v) is 6.87. The Morgan fingerprint density at radius 2 is 1.85 bits per heavy atom. The molecule has 1 aliphatic heterocycles. The summed E-state index contributed by atoms with van der Waals surface area (Å²) >= 11 is 0. The highest BCUT2D eigenvalue weighted by Crippen LogP contribution is 2.19. The molecule has 2 rings (SSSR count). The van der Waals surface area contributed by atoms with Crippen LogP contribution in [0.3, 0.4) is 0 Å². The molecular weight excluding hydrogens is 340 g/mol. The zero-order chi connectivity index (χ0) is 19.5. The van der Waals surface area contributed by atoms with E-state index in [1.54, 1.807) is 6.08 Å². The molecule has 1 fully saturated rings. The average molecular weight is 375 g/mol. The van der Waals surface area contributed by atoms with E-state index >= 15 is 0 Å². The summed E-state index contributed by atoms with van der Waals surface area (Å²) in [5.41, 5.74) is 0.985. The molecule has 150 valence electrons. The fourth-order valence-electron chi connectivity index (χ4n) is 3.61. The standard InChI is InChI=1S/C22H34N2O3/c1-4-19(5-2)21(24-13-15-26-16-14-24)17-23-22(25)12-9-18-7-10-20(11-8-18)27-6-3/h7-12,19,21H,4-6,13-17H2,1-3H3,(H,23,25)/b12-9+. The lowest BCUT2D eigenvalue weighted by atomic mass is 9.92. The number of amides is 1. The van der Waals surface area contributed by atoms with Gasteiger partial charge < -0.3 is 14.8 Å². The van der Waals surface area contributed by atoms with Gasteiger partial charge in [-0.2, -0.15) is 0 Å². The molecule has 1 amide bonds. The van der Waals surface area contributed by atoms with Gasteiger partial charge >= 0.3 is 0 Å². The molecule has 0 saturated carbocycles. The van der Waals surface area contributed by atoms with E-state index in [9.17, 15) is 4.79 Å². The molecule has 0 spiro atoms. The van der Waals surface area contributed by atoms with Gasteiger partial charge in [0.15, 0.2) is 0 Å². The largest absolute Gasteiger partial charge is 0.494 e. The molecule has 1 N–H and O–H groups in total. The summed E-state index contributed by atoms with van der Waals surface area (Å²) in [4.78, 5) is 14.8. The minimum atomic E-state index is -0.0481. The topological polar surface area (TPSA) is 50.8 Å². The Labute approximate surface area is 163 Å². The molecule has 0 aliphatic carbocycles. The van der Waals surface area contributed by atoms with Gasteiger partial charge in [-0.15, -0.1) is 0 Å². The van der Waals surface area contributed by atoms with Gasteiger partial charge in [0.25, 0.3) is 0 Å². The van der Waals surface area contributed by atoms with Crippen LogP contribution in [0.25, 0.3) is 6.08 Å². The Hall–Kier alpha value is -1.85. The van der Waals surface area contributed by atoms with Gasteiger partial charge in [-0.05, 0) is 36.6 Å². The Morgan fingerprint density at radius 1 is 1.19 bits per heavy atom. The number of rotatable bonds is 10. The van der Waals surface area contributed by atoms with Crippen molar-refractivity contribution in [3.63, 3.8) is 0 Å². The van der Waals surface area contributed by atoms with Crippen LogP contribution in [0.2, 0.25) is 0 Å². The molecule has 5 nitrogen and oxygen atoms in total. The van der Waals surface area contributed by atoms with Crippen molar-refractivity contribution >= 4 is 12.0 Å². The predicted octanol–water partition coefficient (Wildman–Crippen LogP) is 3.35. The van der Waals surface area contributed by atoms with E-state index < -0.39 is 0 Å². The molecule has 0 aromatic heterocycles. The Morgan fingerprint density at radius 3 is 2.44 bits per heavy atom. The van der Waals surface area contributed by atoms with Crippen molar-refractivity contribution in [3.05, 3.63) is 35.9 Å². The van der Waals surface area contributed by atoms with Crippen molar-refractivity contribution in [2.45, 2.75) is 39.7 Å². The zero-order valence-electron chi connectivity index (χ0n) is 16.9. The first-order chi connectivity index (χ1) is 13.2. The third-order valence-corrected chi connectivity index (χ3v) is 5.21. The smallest absolute Gasteiger partial charge is 0.244 e. The first kappa shape index (κ1) is 21.5. The number of carbonyl (C=O) groups is 1. The number of morpholine rings is 1. The summed E-state index contributed by atoms with van der Waals surface area (Å²) in [5.74, 6) is 1.38.